The number of piperidine rings is 3. The minimum absolute atomic E-state index is 0.109. The van der Waals surface area contributed by atoms with E-state index in [2.05, 4.69) is 68.4 Å². The summed E-state index contributed by atoms with van der Waals surface area (Å²) in [6.45, 7) is 13.1. The number of amides is 5. The molecular formula is C75H89N9O13. The van der Waals surface area contributed by atoms with Crippen molar-refractivity contribution in [2.45, 2.75) is 103 Å². The van der Waals surface area contributed by atoms with Crippen molar-refractivity contribution in [2.24, 2.45) is 11.7 Å². The fraction of sp³-hybridized carbons (Fsp3) is 0.387. The number of carbonyl (C=O) groups is 6. The van der Waals surface area contributed by atoms with Gasteiger partial charge in [0.05, 0.1) is 44.9 Å². The monoisotopic (exact) mass is 1320 g/mol. The molecule has 0 spiro atoms. The summed E-state index contributed by atoms with van der Waals surface area (Å²) in [5.41, 5.74) is 14.6. The maximum atomic E-state index is 12.4. The smallest absolute Gasteiger partial charge is 0.306 e. The Balaban J connectivity index is 0.000000173. The zero-order valence-electron chi connectivity index (χ0n) is 55.0. The normalized spacial score (nSPS) is 18.7. The maximum absolute atomic E-state index is 12.4. The summed E-state index contributed by atoms with van der Waals surface area (Å²) in [5, 5.41) is 47.6. The van der Waals surface area contributed by atoms with Crippen LogP contribution in [0.5, 0.6) is 0 Å². The molecule has 4 unspecified atom stereocenters. The lowest BCUT2D eigenvalue weighted by molar-refractivity contribution is -0.862. The number of quaternary nitrogens is 1. The van der Waals surface area contributed by atoms with Crippen LogP contribution in [0.25, 0.3) is 0 Å². The Morgan fingerprint density at radius 3 is 1.38 bits per heavy atom. The van der Waals surface area contributed by atoms with Crippen LogP contribution in [0.3, 0.4) is 0 Å². The lowest BCUT2D eigenvalue weighted by Crippen LogP contribution is -3.05. The zero-order valence-corrected chi connectivity index (χ0v) is 55.0. The van der Waals surface area contributed by atoms with E-state index < -0.39 is 35.9 Å². The van der Waals surface area contributed by atoms with E-state index in [1.54, 1.807) is 55.5 Å². The number of carboxylic acids is 1. The number of aliphatic carboxylic acids is 1. The third-order valence-electron chi connectivity index (χ3n) is 16.8. The average molecular weight is 1320 g/mol. The summed E-state index contributed by atoms with van der Waals surface area (Å²) >= 11 is 0. The second-order valence-electron chi connectivity index (χ2n) is 24.4. The second kappa shape index (κ2) is 39.2. The molecule has 5 aliphatic heterocycles. The van der Waals surface area contributed by atoms with E-state index in [4.69, 9.17) is 25.2 Å². The fourth-order valence-corrected chi connectivity index (χ4v) is 11.0. The molecule has 0 bridgehead atoms. The van der Waals surface area contributed by atoms with Crippen LogP contribution in [0.15, 0.2) is 158 Å². The number of ether oxygens (including phenoxy) is 2. The number of nitrogens with two attached hydrogens (primary N) is 1. The van der Waals surface area contributed by atoms with E-state index in [-0.39, 0.29) is 28.7 Å². The number of rotatable bonds is 18. The van der Waals surface area contributed by atoms with Gasteiger partial charge in [0.25, 0.3) is 29.5 Å². The molecule has 22 nitrogen and oxygen atoms in total. The van der Waals surface area contributed by atoms with Crippen molar-refractivity contribution in [3.8, 4) is 23.7 Å². The quantitative estimate of drug-likeness (QED) is 0.0287. The first-order valence-corrected chi connectivity index (χ1v) is 33.2. The Labute approximate surface area is 567 Å². The van der Waals surface area contributed by atoms with Crippen LogP contribution in [0.2, 0.25) is 0 Å². The summed E-state index contributed by atoms with van der Waals surface area (Å²) in [7, 11) is 0. The number of carbonyl (C=O) groups excluding carboxylic acids is 5. The highest BCUT2D eigenvalue weighted by Crippen LogP contribution is 2.17. The summed E-state index contributed by atoms with van der Waals surface area (Å²) in [4.78, 5) is 81.1. The molecule has 5 heterocycles. The topological polar surface area (TPSA) is 285 Å². The van der Waals surface area contributed by atoms with Gasteiger partial charge in [-0.2, -0.15) is 0 Å². The molecule has 512 valence electrons. The van der Waals surface area contributed by atoms with Gasteiger partial charge in [-0.15, -0.1) is 0 Å². The molecule has 22 heteroatoms. The Hall–Kier alpha value is -9.14. The van der Waals surface area contributed by atoms with Gasteiger partial charge >= 0.3 is 5.97 Å². The summed E-state index contributed by atoms with van der Waals surface area (Å²) in [6.07, 6.45) is 5.22. The number of morpholine rings is 2. The molecule has 5 fully saturated rings. The first-order chi connectivity index (χ1) is 47.0. The van der Waals surface area contributed by atoms with Gasteiger partial charge in [0.1, 0.15) is 25.2 Å². The van der Waals surface area contributed by atoms with Crippen molar-refractivity contribution in [2.75, 3.05) is 78.8 Å². The van der Waals surface area contributed by atoms with Crippen molar-refractivity contribution in [3.63, 3.8) is 0 Å². The molecule has 5 amide bonds. The van der Waals surface area contributed by atoms with Crippen LogP contribution in [-0.2, 0) is 59.7 Å². The SMILES string of the molecule is C[C@@H](CCC[NH+]([O-])Cc1ccccc1)C(=O)O.NC1CCCN(OCc2ccccc2)C1=O.O=C(NC1CCCN(O)C1=O)c1ccc(C#Cc2ccc(CN3CCOCC3)cc2)cc1.O=C(NC1CCCN(O)C1=O)c1ccc(C#Cc2ccc(CN3CCOCC3)cc2)cc1. The van der Waals surface area contributed by atoms with Gasteiger partial charge < -0.3 is 41.2 Å². The van der Waals surface area contributed by atoms with Crippen LogP contribution < -0.4 is 21.4 Å². The van der Waals surface area contributed by atoms with Crippen LogP contribution in [0, 0.1) is 34.8 Å². The van der Waals surface area contributed by atoms with E-state index in [9.17, 15) is 44.4 Å². The van der Waals surface area contributed by atoms with Gasteiger partial charge in [0.15, 0.2) is 0 Å². The number of carboxylic acid groups (broad SMARTS) is 1. The van der Waals surface area contributed by atoms with Gasteiger partial charge in [0.2, 0.25) is 0 Å². The minimum Gasteiger partial charge on any atom is -0.634 e. The van der Waals surface area contributed by atoms with E-state index in [0.29, 0.717) is 99.1 Å². The molecule has 5 aliphatic rings. The Bertz CT molecular complexity index is 3420. The largest absolute Gasteiger partial charge is 0.634 e. The average Bonchev–Trinajstić information content (AvgIpc) is 1.17. The molecule has 5 saturated heterocycles. The number of hydrogen-bond acceptors (Lipinski definition) is 15. The molecule has 8 N–H and O–H groups in total. The summed E-state index contributed by atoms with van der Waals surface area (Å²) in [6, 6.07) is 48.0. The van der Waals surface area contributed by atoms with Crippen LogP contribution in [-0.4, -0.2) is 173 Å². The number of benzene rings is 6. The number of hydroxylamine groups is 8. The highest BCUT2D eigenvalue weighted by atomic mass is 16.7. The first-order valence-electron chi connectivity index (χ1n) is 33.2. The predicted octanol–water partition coefficient (Wildman–Crippen LogP) is 6.20. The first kappa shape index (κ1) is 73.7. The summed E-state index contributed by atoms with van der Waals surface area (Å²) < 4.78 is 10.8. The molecule has 5 atom stereocenters. The number of nitrogens with zero attached hydrogens (tertiary/aromatic N) is 5. The number of hydrogen-bond donors (Lipinski definition) is 7. The lowest BCUT2D eigenvalue weighted by Gasteiger charge is -2.29. The molecule has 0 aliphatic carbocycles. The minimum atomic E-state index is -0.791. The fourth-order valence-electron chi connectivity index (χ4n) is 11.0. The second-order valence-corrected chi connectivity index (χ2v) is 24.4. The highest BCUT2D eigenvalue weighted by Gasteiger charge is 2.31. The molecule has 97 heavy (non-hydrogen) atoms. The van der Waals surface area contributed by atoms with Gasteiger partial charge in [-0.25, -0.2) is 15.2 Å². The van der Waals surface area contributed by atoms with E-state index in [0.717, 1.165) is 112 Å². The van der Waals surface area contributed by atoms with E-state index in [1.165, 1.54) is 16.2 Å². The van der Waals surface area contributed by atoms with E-state index >= 15 is 0 Å². The Kier molecular flexibility index (Phi) is 29.7. The molecule has 6 aromatic carbocycles. The van der Waals surface area contributed by atoms with Crippen molar-refractivity contribution in [3.05, 3.63) is 219 Å². The summed E-state index contributed by atoms with van der Waals surface area (Å²) in [5.74, 6) is 9.67. The molecule has 0 aromatic heterocycles. The molecule has 6 aromatic rings. The van der Waals surface area contributed by atoms with Crippen LogP contribution >= 0.6 is 0 Å². The van der Waals surface area contributed by atoms with Crippen molar-refractivity contribution in [1.29, 1.82) is 0 Å². The van der Waals surface area contributed by atoms with Gasteiger partial charge in [-0.1, -0.05) is 116 Å². The van der Waals surface area contributed by atoms with Gasteiger partial charge in [-0.05, 0) is 141 Å². The predicted molar refractivity (Wildman–Crippen MR) is 363 cm³/mol. The van der Waals surface area contributed by atoms with Crippen LogP contribution in [0.1, 0.15) is 124 Å². The third-order valence-corrected chi connectivity index (χ3v) is 16.8. The van der Waals surface area contributed by atoms with Crippen molar-refractivity contribution in [1.82, 2.24) is 35.6 Å². The van der Waals surface area contributed by atoms with E-state index in [1.807, 2.05) is 84.9 Å². The Morgan fingerprint density at radius 1 is 0.557 bits per heavy atom. The highest BCUT2D eigenvalue weighted by molar-refractivity contribution is 5.98. The van der Waals surface area contributed by atoms with Crippen LogP contribution in [0.4, 0.5) is 0 Å². The molecular weight excluding hydrogens is 1230 g/mol. The maximum Gasteiger partial charge on any atom is 0.306 e. The standard InChI is InChI=1S/2C25H27N3O4.C13H19NO3.C12H16N2O2/c2*29-24(26-23-2-1-13-28(31)25(23)30)22-11-9-20(10-12-22)4-3-19-5-7-21(8-6-19)18-27-14-16-32-17-15-27;1-11(13(15)16)6-5-9-14(17)10-12-7-3-2-4-8-12;13-11-7-4-8-14(12(11)15)16-9-10-5-2-1-3-6-10/h2*5-12,23,31H,1-2,13-18H2,(H,26,29);2-4,7-8,11,14H,5-6,9-10H2,1H3,(H,15,16);1-3,5-6,11H,4,7-9,13H2/t;;11-;/m..0./s1. The lowest BCUT2D eigenvalue weighted by atomic mass is 10.1. The van der Waals surface area contributed by atoms with Gasteiger partial charge in [-0.3, -0.25) is 53.8 Å². The molecule has 0 saturated carbocycles. The van der Waals surface area contributed by atoms with Gasteiger partial charge in [0, 0.05) is 97.8 Å². The Morgan fingerprint density at radius 2 is 0.959 bits per heavy atom. The van der Waals surface area contributed by atoms with Crippen molar-refractivity contribution < 1.29 is 63.7 Å². The number of nitrogens with one attached hydrogen (secondary N) is 3. The molecule has 0 radical (unpaired) electrons. The third kappa shape index (κ3) is 25.1. The van der Waals surface area contributed by atoms with Crippen molar-refractivity contribution >= 4 is 35.5 Å². The molecule has 11 rings (SSSR count). The zero-order chi connectivity index (χ0) is 68.7.